The highest BCUT2D eigenvalue weighted by Crippen LogP contribution is 2.27. The lowest BCUT2D eigenvalue weighted by Gasteiger charge is -2.12. The number of aromatic nitrogens is 1. The molecule has 0 saturated heterocycles. The number of amides is 1. The Balaban J connectivity index is 1.72. The summed E-state index contributed by atoms with van der Waals surface area (Å²) in [6.07, 6.45) is 1.62. The van der Waals surface area contributed by atoms with Crippen molar-refractivity contribution in [2.75, 3.05) is 10.6 Å². The van der Waals surface area contributed by atoms with Crippen LogP contribution < -0.4 is 10.6 Å². The second kappa shape index (κ2) is 8.02. The largest absolute Gasteiger partial charge is 0.381 e. The Labute approximate surface area is 158 Å². The lowest BCUT2D eigenvalue weighted by atomic mass is 10.1. The summed E-state index contributed by atoms with van der Waals surface area (Å²) in [5.74, 6) is -0.290. The molecule has 0 aliphatic rings. The predicted octanol–water partition coefficient (Wildman–Crippen LogP) is 5.22. The monoisotopic (exact) mass is 365 g/mol. The first-order valence-electron chi connectivity index (χ1n) is 8.35. The van der Waals surface area contributed by atoms with E-state index in [0.29, 0.717) is 22.9 Å². The molecule has 4 nitrogen and oxygen atoms in total. The van der Waals surface area contributed by atoms with E-state index in [2.05, 4.69) is 15.6 Å². The van der Waals surface area contributed by atoms with E-state index in [0.717, 1.165) is 22.4 Å². The summed E-state index contributed by atoms with van der Waals surface area (Å²) < 4.78 is 0. The quantitative estimate of drug-likeness (QED) is 0.652. The van der Waals surface area contributed by atoms with Crippen molar-refractivity contribution < 1.29 is 4.79 Å². The zero-order valence-electron chi connectivity index (χ0n) is 14.7. The minimum Gasteiger partial charge on any atom is -0.381 e. The molecule has 0 aliphatic heterocycles. The van der Waals surface area contributed by atoms with Crippen LogP contribution >= 0.6 is 11.6 Å². The number of rotatable bonds is 5. The van der Waals surface area contributed by atoms with Crippen molar-refractivity contribution in [3.63, 3.8) is 0 Å². The highest BCUT2D eigenvalue weighted by Gasteiger charge is 2.13. The zero-order chi connectivity index (χ0) is 18.5. The van der Waals surface area contributed by atoms with E-state index in [4.69, 9.17) is 11.6 Å². The fourth-order valence-electron chi connectivity index (χ4n) is 2.72. The molecule has 0 fully saturated rings. The number of nitrogens with zero attached hydrogens (tertiary/aromatic N) is 1. The molecule has 26 heavy (non-hydrogen) atoms. The minimum absolute atomic E-state index is 0.290. The van der Waals surface area contributed by atoms with Gasteiger partial charge in [0.2, 0.25) is 0 Å². The Morgan fingerprint density at radius 1 is 1.08 bits per heavy atom. The molecule has 132 valence electrons. The van der Waals surface area contributed by atoms with Crippen molar-refractivity contribution in [1.29, 1.82) is 0 Å². The van der Waals surface area contributed by atoms with Gasteiger partial charge >= 0.3 is 0 Å². The Morgan fingerprint density at radius 2 is 1.85 bits per heavy atom. The van der Waals surface area contributed by atoms with Crippen LogP contribution in [0.15, 0.2) is 60.8 Å². The van der Waals surface area contributed by atoms with Crippen molar-refractivity contribution in [3.05, 3.63) is 88.2 Å². The number of halogens is 1. The first kappa shape index (κ1) is 18.0. The number of aryl methyl sites for hydroxylation is 2. The van der Waals surface area contributed by atoms with Crippen molar-refractivity contribution in [2.45, 2.75) is 20.4 Å². The summed E-state index contributed by atoms with van der Waals surface area (Å²) in [5, 5.41) is 6.69. The van der Waals surface area contributed by atoms with Crippen LogP contribution in [0.5, 0.6) is 0 Å². The molecule has 1 aromatic heterocycles. The van der Waals surface area contributed by atoms with E-state index >= 15 is 0 Å². The van der Waals surface area contributed by atoms with E-state index in [-0.39, 0.29) is 5.91 Å². The van der Waals surface area contributed by atoms with E-state index < -0.39 is 0 Å². The molecule has 1 heterocycles. The Kier molecular flexibility index (Phi) is 5.54. The average molecular weight is 366 g/mol. The molecule has 0 saturated carbocycles. The molecule has 0 radical (unpaired) electrons. The highest BCUT2D eigenvalue weighted by atomic mass is 35.5. The van der Waals surface area contributed by atoms with Gasteiger partial charge in [0.25, 0.3) is 5.91 Å². The molecule has 5 heteroatoms. The second-order valence-electron chi connectivity index (χ2n) is 6.16. The number of carbonyl (C=O) groups is 1. The van der Waals surface area contributed by atoms with E-state index in [1.807, 2.05) is 62.4 Å². The van der Waals surface area contributed by atoms with Crippen LogP contribution in [-0.4, -0.2) is 10.9 Å². The van der Waals surface area contributed by atoms with E-state index in [1.165, 1.54) is 0 Å². The molecule has 3 aromatic rings. The van der Waals surface area contributed by atoms with Crippen LogP contribution in [0.4, 0.5) is 11.4 Å². The Hall–Kier alpha value is -2.85. The van der Waals surface area contributed by atoms with E-state index in [9.17, 15) is 4.79 Å². The molecule has 2 aromatic carbocycles. The number of carbonyl (C=O) groups excluding carboxylic acids is 1. The van der Waals surface area contributed by atoms with Crippen LogP contribution in [0.1, 0.15) is 27.2 Å². The second-order valence-corrected chi connectivity index (χ2v) is 6.57. The SMILES string of the molecule is Cc1cc(C)c(NC(=O)c2cc(NCc3ccccc3)ccn2)c(Cl)c1. The number of hydrogen-bond acceptors (Lipinski definition) is 3. The summed E-state index contributed by atoms with van der Waals surface area (Å²) in [7, 11) is 0. The molecule has 0 bridgehead atoms. The molecular formula is C21H20ClN3O. The number of benzene rings is 2. The molecule has 0 atom stereocenters. The smallest absolute Gasteiger partial charge is 0.274 e. The van der Waals surface area contributed by atoms with Gasteiger partial charge in [-0.15, -0.1) is 0 Å². The molecule has 1 amide bonds. The third-order valence-electron chi connectivity index (χ3n) is 4.00. The summed E-state index contributed by atoms with van der Waals surface area (Å²) in [6.45, 7) is 4.56. The maximum atomic E-state index is 12.6. The summed E-state index contributed by atoms with van der Waals surface area (Å²) in [6, 6.07) is 17.4. The fourth-order valence-corrected chi connectivity index (χ4v) is 3.08. The molecular weight excluding hydrogens is 346 g/mol. The number of nitrogens with one attached hydrogen (secondary N) is 2. The third kappa shape index (κ3) is 4.41. The van der Waals surface area contributed by atoms with Crippen LogP contribution in [-0.2, 0) is 6.54 Å². The fraction of sp³-hybridized carbons (Fsp3) is 0.143. The molecule has 0 unspecified atom stereocenters. The number of pyridine rings is 1. The van der Waals surface area contributed by atoms with Gasteiger partial charge in [0.1, 0.15) is 5.69 Å². The van der Waals surface area contributed by atoms with Gasteiger partial charge in [-0.3, -0.25) is 9.78 Å². The van der Waals surface area contributed by atoms with Crippen molar-refractivity contribution in [1.82, 2.24) is 4.98 Å². The van der Waals surface area contributed by atoms with E-state index in [1.54, 1.807) is 12.3 Å². The van der Waals surface area contributed by atoms with Crippen LogP contribution in [0.2, 0.25) is 5.02 Å². The minimum atomic E-state index is -0.290. The lowest BCUT2D eigenvalue weighted by Crippen LogP contribution is -2.15. The van der Waals surface area contributed by atoms with Crippen molar-refractivity contribution >= 4 is 28.9 Å². The summed E-state index contributed by atoms with van der Waals surface area (Å²) in [5.41, 5.74) is 4.92. The van der Waals surface area contributed by atoms with Crippen LogP contribution in [0.25, 0.3) is 0 Å². The maximum absolute atomic E-state index is 12.6. The van der Waals surface area contributed by atoms with Gasteiger partial charge in [0.05, 0.1) is 10.7 Å². The summed E-state index contributed by atoms with van der Waals surface area (Å²) >= 11 is 6.27. The maximum Gasteiger partial charge on any atom is 0.274 e. The van der Waals surface area contributed by atoms with Gasteiger partial charge in [0.15, 0.2) is 0 Å². The van der Waals surface area contributed by atoms with Gasteiger partial charge in [-0.05, 0) is 48.7 Å². The molecule has 3 rings (SSSR count). The van der Waals surface area contributed by atoms with Gasteiger partial charge in [0, 0.05) is 18.4 Å². The standard InChI is InChI=1S/C21H20ClN3O/c1-14-10-15(2)20(18(22)11-14)25-21(26)19-12-17(8-9-23-19)24-13-16-6-4-3-5-7-16/h3-12H,13H2,1-2H3,(H,23,24)(H,25,26). The number of hydrogen-bond donors (Lipinski definition) is 2. The van der Waals surface area contributed by atoms with Gasteiger partial charge in [-0.25, -0.2) is 0 Å². The molecule has 0 spiro atoms. The topological polar surface area (TPSA) is 54.0 Å². The Bertz CT molecular complexity index is 903. The highest BCUT2D eigenvalue weighted by molar-refractivity contribution is 6.34. The van der Waals surface area contributed by atoms with Crippen LogP contribution in [0, 0.1) is 13.8 Å². The third-order valence-corrected chi connectivity index (χ3v) is 4.30. The summed E-state index contributed by atoms with van der Waals surface area (Å²) in [4.78, 5) is 16.7. The van der Waals surface area contributed by atoms with Crippen LogP contribution in [0.3, 0.4) is 0 Å². The van der Waals surface area contributed by atoms with Gasteiger partial charge < -0.3 is 10.6 Å². The molecule has 2 N–H and O–H groups in total. The van der Waals surface area contributed by atoms with Gasteiger partial charge in [-0.2, -0.15) is 0 Å². The van der Waals surface area contributed by atoms with Gasteiger partial charge in [-0.1, -0.05) is 48.0 Å². The Morgan fingerprint density at radius 3 is 2.58 bits per heavy atom. The first-order valence-corrected chi connectivity index (χ1v) is 8.72. The number of anilines is 2. The first-order chi connectivity index (χ1) is 12.5. The average Bonchev–Trinajstić information content (AvgIpc) is 2.64. The predicted molar refractivity (Wildman–Crippen MR) is 107 cm³/mol. The zero-order valence-corrected chi connectivity index (χ0v) is 15.5. The lowest BCUT2D eigenvalue weighted by molar-refractivity contribution is 0.102. The van der Waals surface area contributed by atoms with Crippen molar-refractivity contribution in [3.8, 4) is 0 Å². The van der Waals surface area contributed by atoms with Crippen molar-refractivity contribution in [2.24, 2.45) is 0 Å². The molecule has 0 aliphatic carbocycles. The normalized spacial score (nSPS) is 10.4.